The Morgan fingerprint density at radius 3 is 2.52 bits per heavy atom. The molecule has 2 aromatic carbocycles. The van der Waals surface area contributed by atoms with Crippen molar-refractivity contribution in [2.24, 2.45) is 0 Å². The van der Waals surface area contributed by atoms with E-state index in [1.165, 1.54) is 18.2 Å². The van der Waals surface area contributed by atoms with Gasteiger partial charge in [-0.2, -0.15) is 0 Å². The molecule has 0 heterocycles. The van der Waals surface area contributed by atoms with E-state index in [0.29, 0.717) is 22.7 Å². The van der Waals surface area contributed by atoms with Crippen molar-refractivity contribution in [1.29, 1.82) is 0 Å². The second kappa shape index (κ2) is 7.01. The van der Waals surface area contributed by atoms with Crippen LogP contribution in [0.3, 0.4) is 0 Å². The molecular weight excluding hydrogens is 292 g/mol. The molecule has 0 aliphatic carbocycles. The molecule has 0 aromatic heterocycles. The smallest absolute Gasteiger partial charge is 0.129 e. The molecule has 1 nitrogen and oxygen atoms in total. The maximum atomic E-state index is 14.2. The molecule has 1 unspecified atom stereocenters. The standard InChI is InChI=1S/C17H18ClF2N/c1-3-6-21-17(12-7-11(2)8-14(19)9-12)15-5-4-13(18)10-16(15)20/h4-5,7-10,17,21H,3,6H2,1-2H3. The number of halogens is 3. The highest BCUT2D eigenvalue weighted by Gasteiger charge is 2.18. The fourth-order valence-electron chi connectivity index (χ4n) is 2.36. The highest BCUT2D eigenvalue weighted by atomic mass is 35.5. The van der Waals surface area contributed by atoms with E-state index in [9.17, 15) is 8.78 Å². The van der Waals surface area contributed by atoms with Crippen LogP contribution in [-0.4, -0.2) is 6.54 Å². The quantitative estimate of drug-likeness (QED) is 0.818. The molecule has 4 heteroatoms. The minimum absolute atomic E-state index is 0.317. The van der Waals surface area contributed by atoms with Gasteiger partial charge in [0.1, 0.15) is 11.6 Å². The molecule has 21 heavy (non-hydrogen) atoms. The third kappa shape index (κ3) is 4.02. The van der Waals surface area contributed by atoms with Gasteiger partial charge in [-0.05, 0) is 55.3 Å². The van der Waals surface area contributed by atoms with E-state index in [0.717, 1.165) is 12.0 Å². The Kier molecular flexibility index (Phi) is 5.32. The summed E-state index contributed by atoms with van der Waals surface area (Å²) in [6.07, 6.45) is 0.903. The number of hydrogen-bond acceptors (Lipinski definition) is 1. The fraction of sp³-hybridized carbons (Fsp3) is 0.294. The van der Waals surface area contributed by atoms with Gasteiger partial charge in [0.2, 0.25) is 0 Å². The van der Waals surface area contributed by atoms with E-state index in [-0.39, 0.29) is 5.82 Å². The molecule has 0 bridgehead atoms. The molecule has 1 atom stereocenters. The first-order chi connectivity index (χ1) is 10.0. The summed E-state index contributed by atoms with van der Waals surface area (Å²) in [4.78, 5) is 0. The van der Waals surface area contributed by atoms with Crippen LogP contribution >= 0.6 is 11.6 Å². The Balaban J connectivity index is 2.46. The summed E-state index contributed by atoms with van der Waals surface area (Å²) >= 11 is 5.80. The van der Waals surface area contributed by atoms with Crippen molar-refractivity contribution in [1.82, 2.24) is 5.32 Å². The number of nitrogens with one attached hydrogen (secondary N) is 1. The van der Waals surface area contributed by atoms with Crippen LogP contribution in [-0.2, 0) is 0 Å². The van der Waals surface area contributed by atoms with Crippen molar-refractivity contribution < 1.29 is 8.78 Å². The Hall–Kier alpha value is -1.45. The lowest BCUT2D eigenvalue weighted by Crippen LogP contribution is -2.24. The van der Waals surface area contributed by atoms with Crippen molar-refractivity contribution in [3.63, 3.8) is 0 Å². The Morgan fingerprint density at radius 1 is 1.14 bits per heavy atom. The van der Waals surface area contributed by atoms with Gasteiger partial charge in [0.25, 0.3) is 0 Å². The van der Waals surface area contributed by atoms with Crippen LogP contribution in [0.15, 0.2) is 36.4 Å². The van der Waals surface area contributed by atoms with Crippen LogP contribution in [0, 0.1) is 18.6 Å². The maximum absolute atomic E-state index is 14.2. The zero-order valence-corrected chi connectivity index (χ0v) is 12.8. The van der Waals surface area contributed by atoms with Gasteiger partial charge >= 0.3 is 0 Å². The molecule has 0 fully saturated rings. The van der Waals surface area contributed by atoms with Crippen molar-refractivity contribution in [2.75, 3.05) is 6.54 Å². The first-order valence-electron chi connectivity index (χ1n) is 6.96. The molecule has 0 spiro atoms. The number of benzene rings is 2. The Labute approximate surface area is 128 Å². The molecule has 0 radical (unpaired) electrons. The molecule has 0 aliphatic rings. The first kappa shape index (κ1) is 15.9. The molecule has 0 saturated heterocycles. The van der Waals surface area contributed by atoms with Crippen LogP contribution in [0.5, 0.6) is 0 Å². The molecule has 0 saturated carbocycles. The summed E-state index contributed by atoms with van der Waals surface area (Å²) in [6.45, 7) is 4.56. The molecule has 0 amide bonds. The van der Waals surface area contributed by atoms with Crippen LogP contribution < -0.4 is 5.32 Å². The fourth-order valence-corrected chi connectivity index (χ4v) is 2.52. The van der Waals surface area contributed by atoms with Crippen molar-refractivity contribution in [3.8, 4) is 0 Å². The lowest BCUT2D eigenvalue weighted by molar-refractivity contribution is 0.542. The van der Waals surface area contributed by atoms with Gasteiger partial charge in [0, 0.05) is 10.6 Å². The number of rotatable bonds is 5. The SMILES string of the molecule is CCCNC(c1cc(C)cc(F)c1)c1ccc(Cl)cc1F. The van der Waals surface area contributed by atoms with Crippen molar-refractivity contribution in [2.45, 2.75) is 26.3 Å². The highest BCUT2D eigenvalue weighted by Crippen LogP contribution is 2.27. The molecule has 2 aromatic rings. The lowest BCUT2D eigenvalue weighted by atomic mass is 9.96. The second-order valence-corrected chi connectivity index (χ2v) is 5.55. The van der Waals surface area contributed by atoms with Gasteiger partial charge in [0.15, 0.2) is 0 Å². The molecule has 0 aliphatic heterocycles. The summed E-state index contributed by atoms with van der Waals surface area (Å²) in [5.41, 5.74) is 1.99. The summed E-state index contributed by atoms with van der Waals surface area (Å²) in [6, 6.07) is 8.94. The van der Waals surface area contributed by atoms with Crippen LogP contribution in [0.25, 0.3) is 0 Å². The topological polar surface area (TPSA) is 12.0 Å². The minimum Gasteiger partial charge on any atom is -0.306 e. The van der Waals surface area contributed by atoms with Gasteiger partial charge in [-0.3, -0.25) is 0 Å². The largest absolute Gasteiger partial charge is 0.306 e. The van der Waals surface area contributed by atoms with Crippen LogP contribution in [0.2, 0.25) is 5.02 Å². The third-order valence-electron chi connectivity index (χ3n) is 3.27. The Bertz CT molecular complexity index is 608. The lowest BCUT2D eigenvalue weighted by Gasteiger charge is -2.21. The number of hydrogen-bond donors (Lipinski definition) is 1. The van der Waals surface area contributed by atoms with E-state index in [4.69, 9.17) is 11.6 Å². The molecule has 112 valence electrons. The normalized spacial score (nSPS) is 12.4. The number of aryl methyl sites for hydroxylation is 1. The summed E-state index contributed by atoms with van der Waals surface area (Å²) in [5, 5.41) is 3.62. The van der Waals surface area contributed by atoms with E-state index in [1.54, 1.807) is 12.1 Å². The predicted octanol–water partition coefficient (Wildman–Crippen LogP) is 5.02. The van der Waals surface area contributed by atoms with E-state index in [1.807, 2.05) is 19.9 Å². The minimum atomic E-state index is -0.392. The van der Waals surface area contributed by atoms with Crippen LogP contribution in [0.1, 0.15) is 36.1 Å². The molecule has 1 N–H and O–H groups in total. The van der Waals surface area contributed by atoms with Crippen LogP contribution in [0.4, 0.5) is 8.78 Å². The van der Waals surface area contributed by atoms with Crippen molar-refractivity contribution >= 4 is 11.6 Å². The van der Waals surface area contributed by atoms with Gasteiger partial charge in [-0.15, -0.1) is 0 Å². The zero-order chi connectivity index (χ0) is 15.4. The van der Waals surface area contributed by atoms with Gasteiger partial charge in [0.05, 0.1) is 6.04 Å². The summed E-state index contributed by atoms with van der Waals surface area (Å²) in [7, 11) is 0. The van der Waals surface area contributed by atoms with Gasteiger partial charge < -0.3 is 5.32 Å². The third-order valence-corrected chi connectivity index (χ3v) is 3.50. The van der Waals surface area contributed by atoms with E-state index < -0.39 is 11.9 Å². The summed E-state index contributed by atoms with van der Waals surface area (Å²) < 4.78 is 27.8. The average Bonchev–Trinajstić information content (AvgIpc) is 2.40. The predicted molar refractivity (Wildman–Crippen MR) is 82.7 cm³/mol. The van der Waals surface area contributed by atoms with Crippen molar-refractivity contribution in [3.05, 3.63) is 69.7 Å². The van der Waals surface area contributed by atoms with E-state index >= 15 is 0 Å². The summed E-state index contributed by atoms with van der Waals surface area (Å²) in [5.74, 6) is -0.708. The zero-order valence-electron chi connectivity index (χ0n) is 12.1. The molecular formula is C17H18ClF2N. The highest BCUT2D eigenvalue weighted by molar-refractivity contribution is 6.30. The molecule has 2 rings (SSSR count). The first-order valence-corrected chi connectivity index (χ1v) is 7.34. The van der Waals surface area contributed by atoms with Gasteiger partial charge in [-0.25, -0.2) is 8.78 Å². The Morgan fingerprint density at radius 2 is 1.90 bits per heavy atom. The maximum Gasteiger partial charge on any atom is 0.129 e. The average molecular weight is 310 g/mol. The van der Waals surface area contributed by atoms with Gasteiger partial charge in [-0.1, -0.05) is 30.7 Å². The second-order valence-electron chi connectivity index (χ2n) is 5.11. The monoisotopic (exact) mass is 309 g/mol. The van der Waals surface area contributed by atoms with E-state index in [2.05, 4.69) is 5.32 Å².